The molecule has 2 aliphatic rings. The Bertz CT molecular complexity index is 284. The Morgan fingerprint density at radius 1 is 1.11 bits per heavy atom. The average molecular weight is 266 g/mol. The van der Waals surface area contributed by atoms with E-state index >= 15 is 0 Å². The molecule has 0 aromatic heterocycles. The van der Waals surface area contributed by atoms with Crippen LogP contribution in [-0.4, -0.2) is 18.5 Å². The van der Waals surface area contributed by atoms with Crippen LogP contribution in [0.4, 0.5) is 0 Å². The summed E-state index contributed by atoms with van der Waals surface area (Å²) in [5, 5.41) is 3.29. The lowest BCUT2D eigenvalue weighted by atomic mass is 9.91. The van der Waals surface area contributed by atoms with Crippen LogP contribution in [-0.2, 0) is 4.79 Å². The standard InChI is InChI=1S/C16H30N2O/c1-12(13-7-4-2-3-5-8-13)18-16(19)15-10-6-9-14(15)11-17/h12-15H,2-11,17H2,1H3,(H,18,19)/t12-,14?,15?/m1/s1. The summed E-state index contributed by atoms with van der Waals surface area (Å²) in [4.78, 5) is 12.4. The average Bonchev–Trinajstić information content (AvgIpc) is 2.72. The number of hydrogen-bond donors (Lipinski definition) is 2. The SMILES string of the molecule is C[C@@H](NC(=O)C1CCCC1CN)C1CCCCCC1. The number of nitrogens with two attached hydrogens (primary N) is 1. The molecule has 2 saturated carbocycles. The zero-order chi connectivity index (χ0) is 13.7. The largest absolute Gasteiger partial charge is 0.353 e. The molecular weight excluding hydrogens is 236 g/mol. The van der Waals surface area contributed by atoms with Gasteiger partial charge in [-0.15, -0.1) is 0 Å². The first kappa shape index (κ1) is 14.8. The number of carbonyl (C=O) groups excluding carboxylic acids is 1. The lowest BCUT2D eigenvalue weighted by Crippen LogP contribution is -2.43. The van der Waals surface area contributed by atoms with Gasteiger partial charge in [-0.3, -0.25) is 4.79 Å². The van der Waals surface area contributed by atoms with Crippen molar-refractivity contribution in [1.29, 1.82) is 0 Å². The summed E-state index contributed by atoms with van der Waals surface area (Å²) in [6, 6.07) is 0.338. The number of nitrogens with one attached hydrogen (secondary N) is 1. The van der Waals surface area contributed by atoms with Crippen LogP contribution in [0.1, 0.15) is 64.7 Å². The van der Waals surface area contributed by atoms with Crippen LogP contribution in [0.15, 0.2) is 0 Å². The van der Waals surface area contributed by atoms with E-state index in [0.717, 1.165) is 19.3 Å². The van der Waals surface area contributed by atoms with Crippen molar-refractivity contribution in [3.8, 4) is 0 Å². The molecule has 19 heavy (non-hydrogen) atoms. The van der Waals surface area contributed by atoms with Gasteiger partial charge in [-0.2, -0.15) is 0 Å². The van der Waals surface area contributed by atoms with Gasteiger partial charge in [0.15, 0.2) is 0 Å². The summed E-state index contributed by atoms with van der Waals surface area (Å²) in [5.74, 6) is 1.55. The number of hydrogen-bond acceptors (Lipinski definition) is 2. The minimum Gasteiger partial charge on any atom is -0.353 e. The zero-order valence-electron chi connectivity index (χ0n) is 12.4. The summed E-state index contributed by atoms with van der Waals surface area (Å²) in [5.41, 5.74) is 5.78. The summed E-state index contributed by atoms with van der Waals surface area (Å²) in [6.07, 6.45) is 11.3. The van der Waals surface area contributed by atoms with Crippen LogP contribution in [0.2, 0.25) is 0 Å². The maximum atomic E-state index is 12.4. The van der Waals surface area contributed by atoms with Crippen LogP contribution < -0.4 is 11.1 Å². The predicted molar refractivity (Wildman–Crippen MR) is 78.7 cm³/mol. The van der Waals surface area contributed by atoms with Gasteiger partial charge >= 0.3 is 0 Å². The third kappa shape index (κ3) is 3.95. The van der Waals surface area contributed by atoms with Crippen LogP contribution in [0.25, 0.3) is 0 Å². The van der Waals surface area contributed by atoms with E-state index in [1.165, 1.54) is 38.5 Å². The van der Waals surface area contributed by atoms with E-state index in [0.29, 0.717) is 24.4 Å². The molecule has 0 spiro atoms. The Kier molecular flexibility index (Phi) is 5.68. The molecule has 110 valence electrons. The van der Waals surface area contributed by atoms with E-state index in [4.69, 9.17) is 5.73 Å². The van der Waals surface area contributed by atoms with Crippen molar-refractivity contribution in [3.63, 3.8) is 0 Å². The Morgan fingerprint density at radius 3 is 2.42 bits per heavy atom. The van der Waals surface area contributed by atoms with Gasteiger partial charge in [0.1, 0.15) is 0 Å². The topological polar surface area (TPSA) is 55.1 Å². The molecule has 0 heterocycles. The molecule has 2 aliphatic carbocycles. The molecule has 0 aliphatic heterocycles. The van der Waals surface area contributed by atoms with Gasteiger partial charge in [0.25, 0.3) is 0 Å². The van der Waals surface area contributed by atoms with Crippen molar-refractivity contribution < 1.29 is 4.79 Å². The molecule has 1 amide bonds. The monoisotopic (exact) mass is 266 g/mol. The second-order valence-corrected chi connectivity index (χ2v) is 6.58. The molecule has 2 rings (SSSR count). The molecule has 2 fully saturated rings. The van der Waals surface area contributed by atoms with Gasteiger partial charge in [0, 0.05) is 12.0 Å². The lowest BCUT2D eigenvalue weighted by Gasteiger charge is -2.26. The van der Waals surface area contributed by atoms with Crippen molar-refractivity contribution in [2.24, 2.45) is 23.5 Å². The lowest BCUT2D eigenvalue weighted by molar-refractivity contribution is -0.127. The van der Waals surface area contributed by atoms with Gasteiger partial charge in [0.05, 0.1) is 0 Å². The molecule has 3 atom stereocenters. The van der Waals surface area contributed by atoms with Crippen LogP contribution >= 0.6 is 0 Å². The van der Waals surface area contributed by atoms with E-state index in [9.17, 15) is 4.79 Å². The molecule has 3 heteroatoms. The third-order valence-corrected chi connectivity index (χ3v) is 5.28. The van der Waals surface area contributed by atoms with E-state index in [2.05, 4.69) is 12.2 Å². The molecule has 0 radical (unpaired) electrons. The number of rotatable bonds is 4. The molecule has 3 N–H and O–H groups in total. The first-order valence-corrected chi connectivity index (χ1v) is 8.22. The van der Waals surface area contributed by atoms with Crippen molar-refractivity contribution in [3.05, 3.63) is 0 Å². The Labute approximate surface area is 117 Å². The minimum atomic E-state index is 0.179. The van der Waals surface area contributed by atoms with Crippen LogP contribution in [0.3, 0.4) is 0 Å². The smallest absolute Gasteiger partial charge is 0.223 e. The van der Waals surface area contributed by atoms with Gasteiger partial charge in [0.2, 0.25) is 5.91 Å². The molecule has 0 saturated heterocycles. The molecule has 2 unspecified atom stereocenters. The van der Waals surface area contributed by atoms with Crippen molar-refractivity contribution >= 4 is 5.91 Å². The van der Waals surface area contributed by atoms with Crippen molar-refractivity contribution in [2.75, 3.05) is 6.54 Å². The molecule has 0 aromatic rings. The second kappa shape index (κ2) is 7.28. The highest BCUT2D eigenvalue weighted by Gasteiger charge is 2.33. The molecular formula is C16H30N2O. The summed E-state index contributed by atoms with van der Waals surface area (Å²) >= 11 is 0. The second-order valence-electron chi connectivity index (χ2n) is 6.58. The highest BCUT2D eigenvalue weighted by molar-refractivity contribution is 5.79. The summed E-state index contributed by atoms with van der Waals surface area (Å²) < 4.78 is 0. The fraction of sp³-hybridized carbons (Fsp3) is 0.938. The Morgan fingerprint density at radius 2 is 1.79 bits per heavy atom. The van der Waals surface area contributed by atoms with Gasteiger partial charge in [-0.1, -0.05) is 32.1 Å². The Hall–Kier alpha value is -0.570. The van der Waals surface area contributed by atoms with Crippen LogP contribution in [0, 0.1) is 17.8 Å². The normalized spacial score (nSPS) is 30.8. The first-order chi connectivity index (χ1) is 9.22. The summed E-state index contributed by atoms with van der Waals surface area (Å²) in [6.45, 7) is 2.86. The maximum Gasteiger partial charge on any atom is 0.223 e. The van der Waals surface area contributed by atoms with Crippen molar-refractivity contribution in [2.45, 2.75) is 70.8 Å². The Balaban J connectivity index is 1.83. The van der Waals surface area contributed by atoms with E-state index < -0.39 is 0 Å². The molecule has 0 bridgehead atoms. The van der Waals surface area contributed by atoms with E-state index in [1.54, 1.807) is 0 Å². The zero-order valence-corrected chi connectivity index (χ0v) is 12.4. The van der Waals surface area contributed by atoms with E-state index in [1.807, 2.05) is 0 Å². The van der Waals surface area contributed by atoms with Crippen molar-refractivity contribution in [1.82, 2.24) is 5.32 Å². The van der Waals surface area contributed by atoms with Crippen LogP contribution in [0.5, 0.6) is 0 Å². The molecule has 3 nitrogen and oxygen atoms in total. The highest BCUT2D eigenvalue weighted by Crippen LogP contribution is 2.32. The van der Waals surface area contributed by atoms with Gasteiger partial charge in [-0.05, 0) is 51.0 Å². The quantitative estimate of drug-likeness (QED) is 0.769. The van der Waals surface area contributed by atoms with Gasteiger partial charge in [-0.25, -0.2) is 0 Å². The highest BCUT2D eigenvalue weighted by atomic mass is 16.2. The number of carbonyl (C=O) groups is 1. The first-order valence-electron chi connectivity index (χ1n) is 8.22. The predicted octanol–water partition coefficient (Wildman–Crippen LogP) is 2.84. The van der Waals surface area contributed by atoms with Gasteiger partial charge < -0.3 is 11.1 Å². The molecule has 0 aromatic carbocycles. The fourth-order valence-electron chi connectivity index (χ4n) is 3.92. The fourth-order valence-corrected chi connectivity index (χ4v) is 3.92. The third-order valence-electron chi connectivity index (χ3n) is 5.28. The number of amides is 1. The maximum absolute atomic E-state index is 12.4. The summed E-state index contributed by atoms with van der Waals surface area (Å²) in [7, 11) is 0. The van der Waals surface area contributed by atoms with E-state index in [-0.39, 0.29) is 11.8 Å². The minimum absolute atomic E-state index is 0.179.